The number of nitrogens with zero attached hydrogens (tertiary/aromatic N) is 5. The van der Waals surface area contributed by atoms with Gasteiger partial charge in [-0.2, -0.15) is 9.61 Å². The molecule has 12 heteroatoms. The molecule has 34 heavy (non-hydrogen) atoms. The van der Waals surface area contributed by atoms with Gasteiger partial charge in [-0.15, -0.1) is 11.3 Å². The molecule has 1 amide bonds. The monoisotopic (exact) mass is 478 g/mol. The van der Waals surface area contributed by atoms with Crippen LogP contribution in [-0.2, 0) is 0 Å². The normalized spacial score (nSPS) is 19.6. The van der Waals surface area contributed by atoms with Gasteiger partial charge in [0, 0.05) is 30.4 Å². The number of carbonyl (C=O) groups excluding carboxylic acids is 1. The van der Waals surface area contributed by atoms with Crippen molar-refractivity contribution in [2.45, 2.75) is 31.3 Å². The number of hydrogen-bond acceptors (Lipinski definition) is 8. The van der Waals surface area contributed by atoms with Crippen molar-refractivity contribution in [3.63, 3.8) is 0 Å². The summed E-state index contributed by atoms with van der Waals surface area (Å²) < 4.78 is 1.65. The SMILES string of the molecule is N[C@@H]1CCN(C(=O)c2ccc(-c3cc(=NC4CC4)n4nc/c(=C\c5[nH]c(=O)[nH]c5O)c4n3)s2)C1. The molecule has 6 rings (SSSR count). The zero-order valence-electron chi connectivity index (χ0n) is 18.1. The fourth-order valence-electron chi connectivity index (χ4n) is 4.04. The molecule has 0 bridgehead atoms. The third-order valence-corrected chi connectivity index (χ3v) is 7.05. The number of carbonyl (C=O) groups is 1. The number of likely N-dealkylation sites (tertiary alicyclic amines) is 1. The lowest BCUT2D eigenvalue weighted by Gasteiger charge is -2.14. The fraction of sp³-hybridized carbons (Fsp3) is 0.318. The summed E-state index contributed by atoms with van der Waals surface area (Å²) in [5.74, 6) is -0.273. The van der Waals surface area contributed by atoms with E-state index < -0.39 is 5.69 Å². The Balaban J connectivity index is 1.46. The number of amides is 1. The lowest BCUT2D eigenvalue weighted by Crippen LogP contribution is -2.31. The predicted molar refractivity (Wildman–Crippen MR) is 125 cm³/mol. The van der Waals surface area contributed by atoms with Crippen molar-refractivity contribution in [2.24, 2.45) is 10.7 Å². The third kappa shape index (κ3) is 3.80. The summed E-state index contributed by atoms with van der Waals surface area (Å²) in [6, 6.07) is 5.89. The molecule has 2 fully saturated rings. The second-order valence-corrected chi connectivity index (χ2v) is 9.73. The summed E-state index contributed by atoms with van der Waals surface area (Å²) in [6.07, 6.45) is 6.10. The average Bonchev–Trinajstić information content (AvgIpc) is 3.18. The molecule has 4 aromatic heterocycles. The molecule has 1 atom stereocenters. The number of rotatable bonds is 4. The molecule has 4 aromatic rings. The smallest absolute Gasteiger partial charge is 0.326 e. The molecule has 1 saturated heterocycles. The molecule has 11 nitrogen and oxygen atoms in total. The lowest BCUT2D eigenvalue weighted by atomic mass is 10.3. The molecule has 1 saturated carbocycles. The number of hydrogen-bond donors (Lipinski definition) is 4. The van der Waals surface area contributed by atoms with E-state index in [4.69, 9.17) is 15.7 Å². The van der Waals surface area contributed by atoms with Crippen molar-refractivity contribution in [1.82, 2.24) is 29.5 Å². The van der Waals surface area contributed by atoms with Crippen LogP contribution in [0.1, 0.15) is 34.6 Å². The summed E-state index contributed by atoms with van der Waals surface area (Å²) in [7, 11) is 0. The van der Waals surface area contributed by atoms with E-state index in [0.717, 1.165) is 24.1 Å². The number of H-pyrrole nitrogens is 2. The first-order chi connectivity index (χ1) is 16.4. The Labute approximate surface area is 196 Å². The van der Waals surface area contributed by atoms with Gasteiger partial charge >= 0.3 is 5.69 Å². The van der Waals surface area contributed by atoms with E-state index in [1.165, 1.54) is 11.3 Å². The van der Waals surface area contributed by atoms with Crippen molar-refractivity contribution >= 4 is 29.0 Å². The minimum Gasteiger partial charge on any atom is -0.493 e. The number of nitrogens with two attached hydrogens (primary N) is 1. The number of aromatic amines is 2. The van der Waals surface area contributed by atoms with Crippen LogP contribution in [0.3, 0.4) is 0 Å². The molecule has 2 aliphatic rings. The van der Waals surface area contributed by atoms with Crippen molar-refractivity contribution in [2.75, 3.05) is 13.1 Å². The number of nitrogens with one attached hydrogen (secondary N) is 2. The van der Waals surface area contributed by atoms with Crippen LogP contribution in [-0.4, -0.2) is 65.7 Å². The molecule has 0 unspecified atom stereocenters. The molecule has 174 valence electrons. The van der Waals surface area contributed by atoms with Gasteiger partial charge in [-0.25, -0.2) is 9.78 Å². The van der Waals surface area contributed by atoms with E-state index in [2.05, 4.69) is 15.1 Å². The van der Waals surface area contributed by atoms with Crippen LogP contribution in [0.4, 0.5) is 0 Å². The zero-order valence-corrected chi connectivity index (χ0v) is 18.9. The van der Waals surface area contributed by atoms with Crippen LogP contribution < -0.4 is 22.1 Å². The van der Waals surface area contributed by atoms with Crippen molar-refractivity contribution < 1.29 is 9.90 Å². The Bertz CT molecular complexity index is 1590. The molecule has 0 aromatic carbocycles. The first-order valence-corrected chi connectivity index (χ1v) is 11.9. The molecule has 5 heterocycles. The van der Waals surface area contributed by atoms with Gasteiger partial charge < -0.3 is 20.7 Å². The largest absolute Gasteiger partial charge is 0.493 e. The van der Waals surface area contributed by atoms with Gasteiger partial charge in [0.25, 0.3) is 5.91 Å². The average molecular weight is 479 g/mol. The highest BCUT2D eigenvalue weighted by atomic mass is 32.1. The highest BCUT2D eigenvalue weighted by Gasteiger charge is 2.26. The molecule has 0 spiro atoms. The Morgan fingerprint density at radius 1 is 1.29 bits per heavy atom. The first kappa shape index (κ1) is 20.8. The minimum atomic E-state index is -0.506. The Morgan fingerprint density at radius 2 is 2.15 bits per heavy atom. The van der Waals surface area contributed by atoms with Gasteiger partial charge in [0.15, 0.2) is 11.1 Å². The molecule has 1 aliphatic carbocycles. The highest BCUT2D eigenvalue weighted by Crippen LogP contribution is 2.28. The Kier molecular flexibility index (Phi) is 4.85. The predicted octanol–water partition coefficient (Wildman–Crippen LogP) is -0.0362. The van der Waals surface area contributed by atoms with Crippen LogP contribution >= 0.6 is 11.3 Å². The van der Waals surface area contributed by atoms with E-state index in [-0.39, 0.29) is 29.6 Å². The number of imidazole rings is 1. The summed E-state index contributed by atoms with van der Waals surface area (Å²) in [5, 5.41) is 15.0. The van der Waals surface area contributed by atoms with E-state index in [1.807, 2.05) is 18.2 Å². The maximum Gasteiger partial charge on any atom is 0.326 e. The summed E-state index contributed by atoms with van der Waals surface area (Å²) in [5.41, 5.74) is 7.57. The van der Waals surface area contributed by atoms with Gasteiger partial charge in [0.1, 0.15) is 5.69 Å². The second-order valence-electron chi connectivity index (χ2n) is 8.64. The maximum absolute atomic E-state index is 12.9. The standard InChI is InChI=1S/C22H22N8O3S/c23-12-5-6-29(10-12)21(32)17-4-3-16(34-17)14-8-18(25-13-1-2-13)30-19(26-14)11(9-24-30)7-15-20(31)28-22(33)27-15/h3-4,7-9,12-13,31H,1-2,5-6,10,23H2,(H2,27,28,33)/b11-7+,25-18?/t12-/m1/s1. The van der Waals surface area contributed by atoms with Crippen LogP contribution in [0.15, 0.2) is 34.2 Å². The quantitative estimate of drug-likeness (QED) is 0.322. The Hall–Kier alpha value is -3.77. The van der Waals surface area contributed by atoms with Crippen LogP contribution in [0.25, 0.3) is 22.3 Å². The van der Waals surface area contributed by atoms with Gasteiger partial charge in [-0.05, 0) is 37.5 Å². The van der Waals surface area contributed by atoms with Gasteiger partial charge in [-0.1, -0.05) is 0 Å². The molecule has 1 aliphatic heterocycles. The third-order valence-electron chi connectivity index (χ3n) is 5.96. The van der Waals surface area contributed by atoms with Gasteiger partial charge in [0.05, 0.1) is 27.7 Å². The number of aromatic nitrogens is 5. The first-order valence-electron chi connectivity index (χ1n) is 11.1. The zero-order chi connectivity index (χ0) is 23.4. The van der Waals surface area contributed by atoms with Crippen molar-refractivity contribution in [3.8, 4) is 16.5 Å². The lowest BCUT2D eigenvalue weighted by molar-refractivity contribution is 0.0795. The topological polar surface area (TPSA) is 158 Å². The van der Waals surface area contributed by atoms with Crippen molar-refractivity contribution in [3.05, 3.63) is 56.2 Å². The minimum absolute atomic E-state index is 0.0153. The number of fused-ring (bicyclic) bond motifs is 1. The summed E-state index contributed by atoms with van der Waals surface area (Å²) >= 11 is 1.38. The Morgan fingerprint density at radius 3 is 2.85 bits per heavy atom. The van der Waals surface area contributed by atoms with E-state index in [9.17, 15) is 14.7 Å². The second kappa shape index (κ2) is 7.92. The van der Waals surface area contributed by atoms with Gasteiger partial charge in [0.2, 0.25) is 5.88 Å². The maximum atomic E-state index is 12.9. The molecule has 5 N–H and O–H groups in total. The fourth-order valence-corrected chi connectivity index (χ4v) is 4.98. The molecule has 0 radical (unpaired) electrons. The molecular weight excluding hydrogens is 456 g/mol. The number of aromatic hydroxyl groups is 1. The summed E-state index contributed by atoms with van der Waals surface area (Å²) in [4.78, 5) is 42.1. The van der Waals surface area contributed by atoms with E-state index >= 15 is 0 Å². The van der Waals surface area contributed by atoms with E-state index in [0.29, 0.717) is 40.0 Å². The van der Waals surface area contributed by atoms with Crippen LogP contribution in [0, 0.1) is 0 Å². The molecular formula is C22H22N8O3S. The van der Waals surface area contributed by atoms with E-state index in [1.54, 1.807) is 21.7 Å². The van der Waals surface area contributed by atoms with Gasteiger partial charge in [-0.3, -0.25) is 14.8 Å². The van der Waals surface area contributed by atoms with Crippen LogP contribution in [0.2, 0.25) is 0 Å². The highest BCUT2D eigenvalue weighted by molar-refractivity contribution is 7.17. The number of thiophene rings is 1. The van der Waals surface area contributed by atoms with Crippen LogP contribution in [0.5, 0.6) is 5.88 Å². The summed E-state index contributed by atoms with van der Waals surface area (Å²) in [6.45, 7) is 1.24. The van der Waals surface area contributed by atoms with Crippen molar-refractivity contribution in [1.29, 1.82) is 0 Å².